The summed E-state index contributed by atoms with van der Waals surface area (Å²) in [5, 5.41) is 3.23. The molecule has 2 aromatic rings. The lowest BCUT2D eigenvalue weighted by atomic mass is 10.1. The minimum atomic E-state index is -0.482. The van der Waals surface area contributed by atoms with Crippen LogP contribution in [-0.2, 0) is 0 Å². The molecule has 0 saturated heterocycles. The Bertz CT molecular complexity index is 593. The molecule has 18 heavy (non-hydrogen) atoms. The molecule has 0 heterocycles. The minimum absolute atomic E-state index is 0.405. The van der Waals surface area contributed by atoms with Crippen molar-refractivity contribution in [1.29, 1.82) is 0 Å². The van der Waals surface area contributed by atoms with Gasteiger partial charge < -0.3 is 16.8 Å². The van der Waals surface area contributed by atoms with Gasteiger partial charge in [0.15, 0.2) is 0 Å². The summed E-state index contributed by atoms with van der Waals surface area (Å²) in [6, 6.07) is 12.9. The Balaban J connectivity index is 2.30. The number of hydrogen-bond donors (Lipinski definition) is 3. The molecule has 5 N–H and O–H groups in total. The molecule has 0 unspecified atom stereocenters. The Labute approximate surface area is 106 Å². The average Bonchev–Trinajstić information content (AvgIpc) is 2.34. The van der Waals surface area contributed by atoms with Crippen molar-refractivity contribution in [3.63, 3.8) is 0 Å². The molecule has 0 aliphatic heterocycles. The van der Waals surface area contributed by atoms with Gasteiger partial charge in [-0.05, 0) is 36.8 Å². The molecule has 4 nitrogen and oxygen atoms in total. The molecule has 0 spiro atoms. The fraction of sp³-hybridized carbons (Fsp3) is 0.0714. The van der Waals surface area contributed by atoms with Crippen molar-refractivity contribution in [2.45, 2.75) is 6.92 Å². The van der Waals surface area contributed by atoms with Crippen molar-refractivity contribution in [2.24, 2.45) is 5.73 Å². The van der Waals surface area contributed by atoms with E-state index in [1.165, 1.54) is 0 Å². The number of primary amides is 1. The summed E-state index contributed by atoms with van der Waals surface area (Å²) in [5.41, 5.74) is 14.8. The summed E-state index contributed by atoms with van der Waals surface area (Å²) in [6.07, 6.45) is 0. The van der Waals surface area contributed by atoms with Gasteiger partial charge >= 0.3 is 0 Å². The lowest BCUT2D eigenvalue weighted by Crippen LogP contribution is -2.11. The molecule has 2 aromatic carbocycles. The third-order valence-electron chi connectivity index (χ3n) is 2.75. The van der Waals surface area contributed by atoms with Crippen LogP contribution in [0.2, 0.25) is 0 Å². The lowest BCUT2D eigenvalue weighted by molar-refractivity contribution is 0.100. The Morgan fingerprint density at radius 2 is 1.83 bits per heavy atom. The number of anilines is 3. The van der Waals surface area contributed by atoms with E-state index in [0.717, 1.165) is 16.9 Å². The third kappa shape index (κ3) is 2.43. The molecule has 0 aromatic heterocycles. The van der Waals surface area contributed by atoms with Crippen molar-refractivity contribution < 1.29 is 4.79 Å². The zero-order valence-electron chi connectivity index (χ0n) is 10.1. The Hall–Kier alpha value is -2.49. The summed E-state index contributed by atoms with van der Waals surface area (Å²) in [4.78, 5) is 11.0. The fourth-order valence-corrected chi connectivity index (χ4v) is 1.69. The van der Waals surface area contributed by atoms with Crippen LogP contribution < -0.4 is 16.8 Å². The van der Waals surface area contributed by atoms with Crippen LogP contribution in [0.3, 0.4) is 0 Å². The zero-order chi connectivity index (χ0) is 13.1. The van der Waals surface area contributed by atoms with E-state index in [1.54, 1.807) is 18.2 Å². The van der Waals surface area contributed by atoms with Crippen LogP contribution in [0.1, 0.15) is 15.9 Å². The second kappa shape index (κ2) is 4.79. The van der Waals surface area contributed by atoms with Crippen LogP contribution >= 0.6 is 0 Å². The van der Waals surface area contributed by atoms with Gasteiger partial charge in [-0.25, -0.2) is 0 Å². The van der Waals surface area contributed by atoms with Gasteiger partial charge in [0.2, 0.25) is 5.91 Å². The molecule has 0 atom stereocenters. The molecule has 0 bridgehead atoms. The molecule has 0 fully saturated rings. The van der Waals surface area contributed by atoms with Crippen molar-refractivity contribution in [3.8, 4) is 0 Å². The first kappa shape index (κ1) is 12.0. The summed E-state index contributed by atoms with van der Waals surface area (Å²) in [5.74, 6) is -0.482. The highest BCUT2D eigenvalue weighted by Crippen LogP contribution is 2.25. The SMILES string of the molecule is Cc1ccccc1Nc1ccc(C(N)=O)cc1N. The number of nitrogen functional groups attached to an aromatic ring is 1. The van der Waals surface area contributed by atoms with Gasteiger partial charge in [0.25, 0.3) is 0 Å². The highest BCUT2D eigenvalue weighted by atomic mass is 16.1. The van der Waals surface area contributed by atoms with E-state index in [2.05, 4.69) is 5.32 Å². The van der Waals surface area contributed by atoms with E-state index >= 15 is 0 Å². The van der Waals surface area contributed by atoms with Crippen molar-refractivity contribution in [1.82, 2.24) is 0 Å². The van der Waals surface area contributed by atoms with Crippen molar-refractivity contribution in [3.05, 3.63) is 53.6 Å². The number of carbonyl (C=O) groups excluding carboxylic acids is 1. The molecular formula is C14H15N3O. The summed E-state index contributed by atoms with van der Waals surface area (Å²) >= 11 is 0. The number of nitrogens with two attached hydrogens (primary N) is 2. The maximum Gasteiger partial charge on any atom is 0.248 e. The predicted molar refractivity (Wildman–Crippen MR) is 73.8 cm³/mol. The lowest BCUT2D eigenvalue weighted by Gasteiger charge is -2.12. The smallest absolute Gasteiger partial charge is 0.248 e. The molecule has 0 saturated carbocycles. The number of rotatable bonds is 3. The maximum atomic E-state index is 11.0. The van der Waals surface area contributed by atoms with Crippen LogP contribution in [0.4, 0.5) is 17.1 Å². The van der Waals surface area contributed by atoms with Crippen LogP contribution in [0.5, 0.6) is 0 Å². The van der Waals surface area contributed by atoms with E-state index in [9.17, 15) is 4.79 Å². The van der Waals surface area contributed by atoms with Gasteiger partial charge in [-0.2, -0.15) is 0 Å². The first-order valence-electron chi connectivity index (χ1n) is 5.60. The molecule has 0 radical (unpaired) electrons. The highest BCUT2D eigenvalue weighted by Gasteiger charge is 2.05. The van der Waals surface area contributed by atoms with Gasteiger partial charge in [-0.3, -0.25) is 4.79 Å². The molecule has 92 valence electrons. The maximum absolute atomic E-state index is 11.0. The molecule has 0 aliphatic carbocycles. The fourth-order valence-electron chi connectivity index (χ4n) is 1.69. The minimum Gasteiger partial charge on any atom is -0.397 e. The Morgan fingerprint density at radius 3 is 2.44 bits per heavy atom. The van der Waals surface area contributed by atoms with E-state index in [0.29, 0.717) is 11.3 Å². The number of para-hydroxylation sites is 1. The number of benzene rings is 2. The van der Waals surface area contributed by atoms with Crippen LogP contribution in [0.25, 0.3) is 0 Å². The predicted octanol–water partition coefficient (Wildman–Crippen LogP) is 2.42. The zero-order valence-corrected chi connectivity index (χ0v) is 10.1. The van der Waals surface area contributed by atoms with Gasteiger partial charge in [0.1, 0.15) is 0 Å². The number of amides is 1. The molecule has 1 amide bonds. The monoisotopic (exact) mass is 241 g/mol. The summed E-state index contributed by atoms with van der Waals surface area (Å²) < 4.78 is 0. The van der Waals surface area contributed by atoms with Gasteiger partial charge in [0, 0.05) is 11.3 Å². The number of hydrogen-bond acceptors (Lipinski definition) is 3. The molecule has 0 aliphatic rings. The normalized spacial score (nSPS) is 10.1. The van der Waals surface area contributed by atoms with E-state index < -0.39 is 5.91 Å². The van der Waals surface area contributed by atoms with E-state index in [1.807, 2.05) is 31.2 Å². The quantitative estimate of drug-likeness (QED) is 0.722. The largest absolute Gasteiger partial charge is 0.397 e. The van der Waals surface area contributed by atoms with Crippen LogP contribution in [-0.4, -0.2) is 5.91 Å². The average molecular weight is 241 g/mol. The van der Waals surface area contributed by atoms with Crippen molar-refractivity contribution >= 4 is 23.0 Å². The second-order valence-electron chi connectivity index (χ2n) is 4.11. The first-order chi connectivity index (χ1) is 8.58. The standard InChI is InChI=1S/C14H15N3O/c1-9-4-2-3-5-12(9)17-13-7-6-10(14(16)18)8-11(13)15/h2-8,17H,15H2,1H3,(H2,16,18). The Morgan fingerprint density at radius 1 is 1.11 bits per heavy atom. The number of aryl methyl sites for hydroxylation is 1. The van der Waals surface area contributed by atoms with Crippen LogP contribution in [0, 0.1) is 6.92 Å². The summed E-state index contributed by atoms with van der Waals surface area (Å²) in [7, 11) is 0. The third-order valence-corrected chi connectivity index (χ3v) is 2.75. The highest BCUT2D eigenvalue weighted by molar-refractivity contribution is 5.95. The van der Waals surface area contributed by atoms with E-state index in [-0.39, 0.29) is 0 Å². The van der Waals surface area contributed by atoms with Crippen LogP contribution in [0.15, 0.2) is 42.5 Å². The molecule has 2 rings (SSSR count). The number of carbonyl (C=O) groups is 1. The number of nitrogens with one attached hydrogen (secondary N) is 1. The summed E-state index contributed by atoms with van der Waals surface area (Å²) in [6.45, 7) is 2.01. The topological polar surface area (TPSA) is 81.1 Å². The molecular weight excluding hydrogens is 226 g/mol. The van der Waals surface area contributed by atoms with Gasteiger partial charge in [-0.1, -0.05) is 18.2 Å². The van der Waals surface area contributed by atoms with E-state index in [4.69, 9.17) is 11.5 Å². The first-order valence-corrected chi connectivity index (χ1v) is 5.60. The molecule has 4 heteroatoms. The van der Waals surface area contributed by atoms with Gasteiger partial charge in [0.05, 0.1) is 11.4 Å². The second-order valence-corrected chi connectivity index (χ2v) is 4.11. The Kier molecular flexibility index (Phi) is 3.19. The van der Waals surface area contributed by atoms with Gasteiger partial charge in [-0.15, -0.1) is 0 Å². The van der Waals surface area contributed by atoms with Crippen molar-refractivity contribution in [2.75, 3.05) is 11.1 Å².